The molecule has 0 saturated carbocycles. The van der Waals surface area contributed by atoms with E-state index in [0.29, 0.717) is 23.1 Å². The smallest absolute Gasteiger partial charge is 0.258 e. The van der Waals surface area contributed by atoms with E-state index in [-0.39, 0.29) is 28.8 Å². The monoisotopic (exact) mass is 400 g/mol. The van der Waals surface area contributed by atoms with E-state index in [1.807, 2.05) is 0 Å². The third kappa shape index (κ3) is 4.62. The average Bonchev–Trinajstić information content (AvgIpc) is 2.66. The molecule has 3 aromatic rings. The van der Waals surface area contributed by atoms with Crippen LogP contribution < -0.4 is 16.0 Å². The number of H-pyrrole nitrogens is 1. The van der Waals surface area contributed by atoms with E-state index in [9.17, 15) is 18.0 Å². The Morgan fingerprint density at radius 2 is 1.86 bits per heavy atom. The number of carbonyl (C=O) groups is 1. The Balaban J connectivity index is 1.62. The zero-order chi connectivity index (χ0) is 20.3. The first-order chi connectivity index (χ1) is 13.2. The Kier molecular flexibility index (Phi) is 5.57. The van der Waals surface area contributed by atoms with Crippen molar-refractivity contribution < 1.29 is 13.2 Å². The molecule has 1 atom stereocenters. The van der Waals surface area contributed by atoms with E-state index < -0.39 is 10.0 Å². The molecule has 8 nitrogen and oxygen atoms in total. The van der Waals surface area contributed by atoms with Crippen molar-refractivity contribution in [2.24, 2.45) is 5.14 Å². The number of nitrogens with one attached hydrogen (secondary N) is 2. The van der Waals surface area contributed by atoms with Crippen LogP contribution in [-0.4, -0.2) is 24.3 Å². The summed E-state index contributed by atoms with van der Waals surface area (Å²) in [5.41, 5.74) is 1.10. The quantitative estimate of drug-likeness (QED) is 0.574. The van der Waals surface area contributed by atoms with E-state index in [2.05, 4.69) is 15.3 Å². The van der Waals surface area contributed by atoms with Crippen molar-refractivity contribution in [3.8, 4) is 0 Å². The number of aromatic nitrogens is 2. The van der Waals surface area contributed by atoms with Crippen LogP contribution in [0.25, 0.3) is 10.9 Å². The Labute approximate surface area is 161 Å². The number of nitrogens with two attached hydrogens (primary N) is 1. The summed E-state index contributed by atoms with van der Waals surface area (Å²) in [6.45, 7) is 1.79. The zero-order valence-corrected chi connectivity index (χ0v) is 16.0. The van der Waals surface area contributed by atoms with Gasteiger partial charge < -0.3 is 10.3 Å². The van der Waals surface area contributed by atoms with Crippen LogP contribution in [0.15, 0.2) is 58.2 Å². The topological polar surface area (TPSA) is 135 Å². The molecule has 1 amide bonds. The standard InChI is InChI=1S/C19H20N4O4S/c1-12(13-6-8-14(9-7-13)28(20,26)27)21-18(24)11-10-17-22-16-5-3-2-4-15(16)19(25)23-17/h2-9,12H,10-11H2,1H3,(H,21,24)(H2,20,26,27)(H,22,23,25)/t12-/m1/s1. The second-order valence-corrected chi connectivity index (χ2v) is 7.99. The van der Waals surface area contributed by atoms with E-state index in [1.54, 1.807) is 43.3 Å². The number of aryl methyl sites for hydroxylation is 1. The molecule has 0 aliphatic heterocycles. The molecule has 0 bridgehead atoms. The van der Waals surface area contributed by atoms with Crippen LogP contribution in [-0.2, 0) is 21.2 Å². The molecule has 146 valence electrons. The van der Waals surface area contributed by atoms with E-state index in [1.165, 1.54) is 12.1 Å². The van der Waals surface area contributed by atoms with Gasteiger partial charge in [0.15, 0.2) is 0 Å². The number of carbonyl (C=O) groups excluding carboxylic acids is 1. The summed E-state index contributed by atoms with van der Waals surface area (Å²) in [5, 5.41) is 8.42. The summed E-state index contributed by atoms with van der Waals surface area (Å²) in [6.07, 6.45) is 0.448. The van der Waals surface area contributed by atoms with Crippen molar-refractivity contribution in [3.63, 3.8) is 0 Å². The lowest BCUT2D eigenvalue weighted by Crippen LogP contribution is -2.27. The number of hydrogen-bond acceptors (Lipinski definition) is 5. The fourth-order valence-electron chi connectivity index (χ4n) is 2.83. The molecule has 1 heterocycles. The lowest BCUT2D eigenvalue weighted by Gasteiger charge is -2.14. The van der Waals surface area contributed by atoms with Crippen molar-refractivity contribution in [2.75, 3.05) is 0 Å². The van der Waals surface area contributed by atoms with E-state index in [0.717, 1.165) is 5.56 Å². The van der Waals surface area contributed by atoms with Crippen molar-refractivity contribution in [1.82, 2.24) is 15.3 Å². The van der Waals surface area contributed by atoms with Gasteiger partial charge in [0.25, 0.3) is 5.56 Å². The average molecular weight is 400 g/mol. The number of nitrogens with zero attached hydrogens (tertiary/aromatic N) is 1. The van der Waals surface area contributed by atoms with Gasteiger partial charge in [-0.25, -0.2) is 18.5 Å². The number of sulfonamides is 1. The number of benzene rings is 2. The number of amides is 1. The summed E-state index contributed by atoms with van der Waals surface area (Å²) < 4.78 is 22.6. The first kappa shape index (κ1) is 19.7. The lowest BCUT2D eigenvalue weighted by atomic mass is 10.1. The molecule has 0 unspecified atom stereocenters. The van der Waals surface area contributed by atoms with Crippen molar-refractivity contribution in [2.45, 2.75) is 30.7 Å². The Bertz CT molecular complexity index is 1170. The maximum Gasteiger partial charge on any atom is 0.258 e. The molecular weight excluding hydrogens is 380 g/mol. The molecule has 0 fully saturated rings. The lowest BCUT2D eigenvalue weighted by molar-refractivity contribution is -0.121. The number of hydrogen-bond donors (Lipinski definition) is 3. The molecular formula is C19H20N4O4S. The highest BCUT2D eigenvalue weighted by Gasteiger charge is 2.13. The number of rotatable bonds is 6. The van der Waals surface area contributed by atoms with Crippen LogP contribution in [0.4, 0.5) is 0 Å². The van der Waals surface area contributed by atoms with Crippen LogP contribution in [0.5, 0.6) is 0 Å². The van der Waals surface area contributed by atoms with Gasteiger partial charge in [-0.15, -0.1) is 0 Å². The minimum absolute atomic E-state index is 0.0149. The SMILES string of the molecule is C[C@@H](NC(=O)CCc1nc2ccccc2c(=O)[nH]1)c1ccc(S(N)(=O)=O)cc1. The first-order valence-electron chi connectivity index (χ1n) is 8.64. The zero-order valence-electron chi connectivity index (χ0n) is 15.2. The summed E-state index contributed by atoms with van der Waals surface area (Å²) in [5.74, 6) is 0.239. The second kappa shape index (κ2) is 7.91. The summed E-state index contributed by atoms with van der Waals surface area (Å²) >= 11 is 0. The van der Waals surface area contributed by atoms with Crippen molar-refractivity contribution >= 4 is 26.8 Å². The predicted molar refractivity (Wildman–Crippen MR) is 105 cm³/mol. The fourth-order valence-corrected chi connectivity index (χ4v) is 3.34. The maximum absolute atomic E-state index is 12.2. The van der Waals surface area contributed by atoms with Gasteiger partial charge in [0.2, 0.25) is 15.9 Å². The van der Waals surface area contributed by atoms with Crippen molar-refractivity contribution in [3.05, 3.63) is 70.3 Å². The van der Waals surface area contributed by atoms with Crippen LogP contribution in [0, 0.1) is 0 Å². The van der Waals surface area contributed by atoms with Crippen LogP contribution in [0.2, 0.25) is 0 Å². The molecule has 2 aromatic carbocycles. The van der Waals surface area contributed by atoms with Gasteiger partial charge in [0.05, 0.1) is 21.8 Å². The van der Waals surface area contributed by atoms with Gasteiger partial charge in [-0.05, 0) is 36.8 Å². The minimum Gasteiger partial charge on any atom is -0.350 e. The highest BCUT2D eigenvalue weighted by Crippen LogP contribution is 2.16. The van der Waals surface area contributed by atoms with Gasteiger partial charge in [-0.1, -0.05) is 24.3 Å². The van der Waals surface area contributed by atoms with Gasteiger partial charge >= 0.3 is 0 Å². The molecule has 0 aliphatic rings. The number of aromatic amines is 1. The van der Waals surface area contributed by atoms with Gasteiger partial charge in [0.1, 0.15) is 5.82 Å². The minimum atomic E-state index is -3.75. The highest BCUT2D eigenvalue weighted by atomic mass is 32.2. The van der Waals surface area contributed by atoms with Gasteiger partial charge in [0, 0.05) is 12.8 Å². The fraction of sp³-hybridized carbons (Fsp3) is 0.211. The highest BCUT2D eigenvalue weighted by molar-refractivity contribution is 7.89. The van der Waals surface area contributed by atoms with E-state index >= 15 is 0 Å². The number of fused-ring (bicyclic) bond motifs is 1. The van der Waals surface area contributed by atoms with Crippen molar-refractivity contribution in [1.29, 1.82) is 0 Å². The Hall–Kier alpha value is -3.04. The summed E-state index contributed by atoms with van der Waals surface area (Å²) in [6, 6.07) is 12.7. The number of primary sulfonamides is 1. The molecule has 9 heteroatoms. The predicted octanol–water partition coefficient (Wildman–Crippen LogP) is 1.38. The molecule has 4 N–H and O–H groups in total. The molecule has 28 heavy (non-hydrogen) atoms. The second-order valence-electron chi connectivity index (χ2n) is 6.43. The van der Waals surface area contributed by atoms with Crippen LogP contribution >= 0.6 is 0 Å². The Morgan fingerprint density at radius 1 is 1.18 bits per heavy atom. The maximum atomic E-state index is 12.2. The third-order valence-electron chi connectivity index (χ3n) is 4.34. The normalized spacial score (nSPS) is 12.6. The number of para-hydroxylation sites is 1. The summed E-state index contributed by atoms with van der Waals surface area (Å²) in [4.78, 5) is 31.4. The van der Waals surface area contributed by atoms with Gasteiger partial charge in [-0.3, -0.25) is 9.59 Å². The largest absolute Gasteiger partial charge is 0.350 e. The molecule has 0 aliphatic carbocycles. The molecule has 0 spiro atoms. The third-order valence-corrected chi connectivity index (χ3v) is 5.27. The van der Waals surface area contributed by atoms with Crippen LogP contribution in [0.1, 0.15) is 30.8 Å². The molecule has 1 aromatic heterocycles. The molecule has 3 rings (SSSR count). The molecule has 0 saturated heterocycles. The van der Waals surface area contributed by atoms with Gasteiger partial charge in [-0.2, -0.15) is 0 Å². The molecule has 0 radical (unpaired) electrons. The first-order valence-corrected chi connectivity index (χ1v) is 10.2. The summed E-state index contributed by atoms with van der Waals surface area (Å²) in [7, 11) is -3.75. The van der Waals surface area contributed by atoms with E-state index in [4.69, 9.17) is 5.14 Å². The van der Waals surface area contributed by atoms with Crippen LogP contribution in [0.3, 0.4) is 0 Å². The Morgan fingerprint density at radius 3 is 2.54 bits per heavy atom.